The number of nitrogens with zero attached hydrogens (tertiary/aromatic N) is 1. The number of hydrogen-bond donors (Lipinski definition) is 0. The van der Waals surface area contributed by atoms with Gasteiger partial charge in [-0.1, -0.05) is 44.2 Å². The first-order valence-electron chi connectivity index (χ1n) is 6.41. The van der Waals surface area contributed by atoms with Crippen molar-refractivity contribution >= 4 is 5.78 Å². The summed E-state index contributed by atoms with van der Waals surface area (Å²) in [5.74, 6) is 1.05. The highest BCUT2D eigenvalue weighted by Gasteiger charge is 2.35. The van der Waals surface area contributed by atoms with E-state index in [1.165, 1.54) is 5.56 Å². The molecule has 0 saturated carbocycles. The van der Waals surface area contributed by atoms with Crippen molar-refractivity contribution in [3.05, 3.63) is 35.9 Å². The second-order valence-corrected chi connectivity index (χ2v) is 5.26. The number of hydrogen-bond acceptors (Lipinski definition) is 2. The monoisotopic (exact) mass is 231 g/mol. The van der Waals surface area contributed by atoms with Crippen LogP contribution in [0, 0.1) is 11.8 Å². The summed E-state index contributed by atoms with van der Waals surface area (Å²) >= 11 is 0. The quantitative estimate of drug-likeness (QED) is 0.780. The van der Waals surface area contributed by atoms with Crippen LogP contribution in [-0.4, -0.2) is 23.3 Å². The first kappa shape index (κ1) is 12.3. The number of Topliss-reactive ketones (excluding diaryl/α,β-unsaturated/α-hetero) is 1. The van der Waals surface area contributed by atoms with E-state index in [1.807, 2.05) is 13.0 Å². The van der Waals surface area contributed by atoms with Crippen molar-refractivity contribution in [3.63, 3.8) is 0 Å². The molecule has 0 spiro atoms. The van der Waals surface area contributed by atoms with Crippen molar-refractivity contribution in [2.24, 2.45) is 11.8 Å². The topological polar surface area (TPSA) is 20.3 Å². The standard InChI is InChI=1S/C15H21NO/c1-11-9-16(13(3)15(17)12(11)2)10-14-7-5-4-6-8-14/h4-8,11-13H,9-10H2,1-3H3/t11-,12+,13-/m1/s1. The fourth-order valence-corrected chi connectivity index (χ4v) is 2.55. The molecule has 1 aromatic carbocycles. The zero-order chi connectivity index (χ0) is 12.4. The second-order valence-electron chi connectivity index (χ2n) is 5.26. The predicted octanol–water partition coefficient (Wildman–Crippen LogP) is 2.73. The molecule has 1 aliphatic heterocycles. The van der Waals surface area contributed by atoms with E-state index < -0.39 is 0 Å². The summed E-state index contributed by atoms with van der Waals surface area (Å²) in [5.41, 5.74) is 1.29. The summed E-state index contributed by atoms with van der Waals surface area (Å²) in [6, 6.07) is 10.4. The van der Waals surface area contributed by atoms with Crippen molar-refractivity contribution < 1.29 is 4.79 Å². The lowest BCUT2D eigenvalue weighted by Gasteiger charge is -2.39. The maximum Gasteiger partial charge on any atom is 0.152 e. The predicted molar refractivity (Wildman–Crippen MR) is 69.6 cm³/mol. The molecule has 0 unspecified atom stereocenters. The average Bonchev–Trinajstić information content (AvgIpc) is 2.35. The number of ketones is 1. The van der Waals surface area contributed by atoms with Crippen LogP contribution in [0.3, 0.4) is 0 Å². The van der Waals surface area contributed by atoms with Crippen LogP contribution in [0.4, 0.5) is 0 Å². The Hall–Kier alpha value is -1.15. The van der Waals surface area contributed by atoms with Gasteiger partial charge in [-0.2, -0.15) is 0 Å². The van der Waals surface area contributed by atoms with Crippen molar-refractivity contribution in [2.75, 3.05) is 6.54 Å². The van der Waals surface area contributed by atoms with Gasteiger partial charge in [-0.05, 0) is 18.4 Å². The van der Waals surface area contributed by atoms with Crippen LogP contribution in [0.1, 0.15) is 26.3 Å². The maximum atomic E-state index is 12.1. The van der Waals surface area contributed by atoms with Gasteiger partial charge in [0.15, 0.2) is 5.78 Å². The second kappa shape index (κ2) is 5.01. The van der Waals surface area contributed by atoms with E-state index >= 15 is 0 Å². The molecule has 1 heterocycles. The maximum absolute atomic E-state index is 12.1. The highest BCUT2D eigenvalue weighted by molar-refractivity contribution is 5.86. The number of benzene rings is 1. The van der Waals surface area contributed by atoms with Crippen molar-refractivity contribution in [3.8, 4) is 0 Å². The lowest BCUT2D eigenvalue weighted by Crippen LogP contribution is -2.50. The molecule has 0 radical (unpaired) electrons. The molecular weight excluding hydrogens is 210 g/mol. The SMILES string of the molecule is C[C@@H]1CN(Cc2ccccc2)[C@H](C)C(=O)[C@H]1C. The summed E-state index contributed by atoms with van der Waals surface area (Å²) in [6.07, 6.45) is 0. The van der Waals surface area contributed by atoms with Crippen LogP contribution >= 0.6 is 0 Å². The summed E-state index contributed by atoms with van der Waals surface area (Å²) in [6.45, 7) is 8.16. The van der Waals surface area contributed by atoms with Gasteiger partial charge in [0.25, 0.3) is 0 Å². The van der Waals surface area contributed by atoms with Gasteiger partial charge in [-0.3, -0.25) is 9.69 Å². The number of likely N-dealkylation sites (tertiary alicyclic amines) is 1. The molecule has 0 bridgehead atoms. The Morgan fingerprint density at radius 3 is 2.47 bits per heavy atom. The van der Waals surface area contributed by atoms with Gasteiger partial charge in [0.05, 0.1) is 6.04 Å². The highest BCUT2D eigenvalue weighted by Crippen LogP contribution is 2.25. The third kappa shape index (κ3) is 2.58. The normalized spacial score (nSPS) is 30.5. The van der Waals surface area contributed by atoms with Gasteiger partial charge in [0.2, 0.25) is 0 Å². The van der Waals surface area contributed by atoms with E-state index in [2.05, 4.69) is 43.0 Å². The molecular formula is C15H21NO. The molecule has 2 rings (SSSR count). The fraction of sp³-hybridized carbons (Fsp3) is 0.533. The molecule has 0 aromatic heterocycles. The van der Waals surface area contributed by atoms with Crippen LogP contribution in [-0.2, 0) is 11.3 Å². The largest absolute Gasteiger partial charge is 0.298 e. The lowest BCUT2D eigenvalue weighted by atomic mass is 9.83. The fourth-order valence-electron chi connectivity index (χ4n) is 2.55. The molecule has 1 aliphatic rings. The Labute approximate surface area is 104 Å². The Kier molecular flexibility index (Phi) is 3.63. The minimum atomic E-state index is 0.0569. The van der Waals surface area contributed by atoms with Gasteiger partial charge >= 0.3 is 0 Å². The minimum absolute atomic E-state index is 0.0569. The minimum Gasteiger partial charge on any atom is -0.298 e. The Morgan fingerprint density at radius 2 is 1.82 bits per heavy atom. The van der Waals surface area contributed by atoms with Crippen molar-refractivity contribution in [1.29, 1.82) is 0 Å². The average molecular weight is 231 g/mol. The molecule has 17 heavy (non-hydrogen) atoms. The summed E-state index contributed by atoms with van der Waals surface area (Å²) < 4.78 is 0. The first-order chi connectivity index (χ1) is 8.09. The van der Waals surface area contributed by atoms with E-state index in [1.54, 1.807) is 0 Å². The van der Waals surface area contributed by atoms with Crippen molar-refractivity contribution in [1.82, 2.24) is 4.90 Å². The molecule has 0 amide bonds. The van der Waals surface area contributed by atoms with Gasteiger partial charge in [0, 0.05) is 19.0 Å². The molecule has 0 aliphatic carbocycles. The smallest absolute Gasteiger partial charge is 0.152 e. The number of rotatable bonds is 2. The number of carbonyl (C=O) groups is 1. The first-order valence-corrected chi connectivity index (χ1v) is 6.41. The molecule has 1 fully saturated rings. The van der Waals surface area contributed by atoms with E-state index in [4.69, 9.17) is 0 Å². The van der Waals surface area contributed by atoms with Gasteiger partial charge in [0.1, 0.15) is 0 Å². The Balaban J connectivity index is 2.09. The van der Waals surface area contributed by atoms with Gasteiger partial charge in [-0.15, -0.1) is 0 Å². The molecule has 2 nitrogen and oxygen atoms in total. The molecule has 0 N–H and O–H groups in total. The van der Waals surface area contributed by atoms with E-state index in [9.17, 15) is 4.79 Å². The van der Waals surface area contributed by atoms with Crippen LogP contribution in [0.25, 0.3) is 0 Å². The molecule has 92 valence electrons. The van der Waals surface area contributed by atoms with Gasteiger partial charge < -0.3 is 0 Å². The Bertz CT molecular complexity index is 387. The van der Waals surface area contributed by atoms with E-state index in [0.717, 1.165) is 13.1 Å². The third-order valence-corrected chi connectivity index (χ3v) is 4.01. The summed E-state index contributed by atoms with van der Waals surface area (Å²) in [7, 11) is 0. The molecule has 1 aromatic rings. The Morgan fingerprint density at radius 1 is 1.18 bits per heavy atom. The van der Waals surface area contributed by atoms with E-state index in [0.29, 0.717) is 11.7 Å². The molecule has 3 atom stereocenters. The van der Waals surface area contributed by atoms with E-state index in [-0.39, 0.29) is 12.0 Å². The van der Waals surface area contributed by atoms with Crippen LogP contribution in [0.5, 0.6) is 0 Å². The zero-order valence-electron chi connectivity index (χ0n) is 10.9. The van der Waals surface area contributed by atoms with Crippen LogP contribution in [0.15, 0.2) is 30.3 Å². The zero-order valence-corrected chi connectivity index (χ0v) is 10.9. The van der Waals surface area contributed by atoms with Crippen LogP contribution < -0.4 is 0 Å². The van der Waals surface area contributed by atoms with Crippen molar-refractivity contribution in [2.45, 2.75) is 33.4 Å². The number of piperidine rings is 1. The summed E-state index contributed by atoms with van der Waals surface area (Å²) in [5, 5.41) is 0. The van der Waals surface area contributed by atoms with Crippen LogP contribution in [0.2, 0.25) is 0 Å². The lowest BCUT2D eigenvalue weighted by molar-refractivity contribution is -0.133. The number of carbonyl (C=O) groups excluding carboxylic acids is 1. The van der Waals surface area contributed by atoms with Gasteiger partial charge in [-0.25, -0.2) is 0 Å². The summed E-state index contributed by atoms with van der Waals surface area (Å²) in [4.78, 5) is 14.4. The third-order valence-electron chi connectivity index (χ3n) is 4.01. The molecule has 1 saturated heterocycles. The highest BCUT2D eigenvalue weighted by atomic mass is 16.1. The molecule has 2 heteroatoms.